The molecular formula is C12H17NOS. The van der Waals surface area contributed by atoms with Gasteiger partial charge in [0.25, 0.3) is 0 Å². The molecule has 0 saturated carbocycles. The molecule has 0 saturated heterocycles. The lowest BCUT2D eigenvalue weighted by atomic mass is 9.92. The highest BCUT2D eigenvalue weighted by molar-refractivity contribution is 7.99. The Morgan fingerprint density at radius 1 is 1.47 bits per heavy atom. The minimum absolute atomic E-state index is 0.0154. The number of hydrogen-bond acceptors (Lipinski definition) is 3. The van der Waals surface area contributed by atoms with Gasteiger partial charge in [-0.1, -0.05) is 25.6 Å². The standard InChI is InChI=1S/C12H17NOS/c1-4-15-11-7-5-10(6-8-11)12(3,13)9(2)14/h5-8,14H,2,4,13H2,1,3H3. The SMILES string of the molecule is C=C(O)C(C)(N)c1ccc(SCC)cc1. The van der Waals surface area contributed by atoms with E-state index in [0.717, 1.165) is 11.3 Å². The van der Waals surface area contributed by atoms with Crippen molar-refractivity contribution in [1.82, 2.24) is 0 Å². The number of thioether (sulfide) groups is 1. The van der Waals surface area contributed by atoms with E-state index in [4.69, 9.17) is 5.73 Å². The molecule has 1 unspecified atom stereocenters. The third-order valence-corrected chi connectivity index (χ3v) is 3.26. The van der Waals surface area contributed by atoms with Crippen LogP contribution in [0.5, 0.6) is 0 Å². The zero-order valence-electron chi connectivity index (χ0n) is 9.16. The second-order valence-corrected chi connectivity index (χ2v) is 4.94. The first kappa shape index (κ1) is 12.1. The van der Waals surface area contributed by atoms with Crippen LogP contribution in [0.2, 0.25) is 0 Å². The molecule has 0 aliphatic carbocycles. The van der Waals surface area contributed by atoms with Crippen LogP contribution in [0.1, 0.15) is 19.4 Å². The summed E-state index contributed by atoms with van der Waals surface area (Å²) < 4.78 is 0. The molecule has 0 radical (unpaired) electrons. The van der Waals surface area contributed by atoms with Gasteiger partial charge in [0.1, 0.15) is 5.76 Å². The van der Waals surface area contributed by atoms with Crippen LogP contribution in [0.15, 0.2) is 41.5 Å². The molecule has 2 nitrogen and oxygen atoms in total. The maximum Gasteiger partial charge on any atom is 0.109 e. The number of hydrogen-bond donors (Lipinski definition) is 2. The van der Waals surface area contributed by atoms with Crippen molar-refractivity contribution >= 4 is 11.8 Å². The van der Waals surface area contributed by atoms with Gasteiger partial charge in [0.05, 0.1) is 5.54 Å². The Morgan fingerprint density at radius 3 is 2.40 bits per heavy atom. The summed E-state index contributed by atoms with van der Waals surface area (Å²) in [6, 6.07) is 7.88. The van der Waals surface area contributed by atoms with E-state index in [1.807, 2.05) is 24.3 Å². The normalized spacial score (nSPS) is 14.6. The third kappa shape index (κ3) is 2.76. The van der Waals surface area contributed by atoms with Gasteiger partial charge in [-0.2, -0.15) is 0 Å². The highest BCUT2D eigenvalue weighted by Crippen LogP contribution is 2.26. The van der Waals surface area contributed by atoms with Crippen molar-refractivity contribution in [3.8, 4) is 0 Å². The molecule has 0 amide bonds. The minimum Gasteiger partial charge on any atom is -0.511 e. The van der Waals surface area contributed by atoms with Gasteiger partial charge in [-0.15, -0.1) is 11.8 Å². The van der Waals surface area contributed by atoms with Gasteiger partial charge in [-0.3, -0.25) is 0 Å². The Morgan fingerprint density at radius 2 is 2.00 bits per heavy atom. The molecule has 0 spiro atoms. The molecule has 0 aromatic heterocycles. The van der Waals surface area contributed by atoms with E-state index in [0.29, 0.717) is 0 Å². The summed E-state index contributed by atoms with van der Waals surface area (Å²) in [4.78, 5) is 1.21. The van der Waals surface area contributed by atoms with Crippen molar-refractivity contribution < 1.29 is 5.11 Å². The number of benzene rings is 1. The van der Waals surface area contributed by atoms with Crippen LogP contribution < -0.4 is 5.73 Å². The summed E-state index contributed by atoms with van der Waals surface area (Å²) in [5.74, 6) is 1.03. The van der Waals surface area contributed by atoms with Crippen LogP contribution in [0.3, 0.4) is 0 Å². The van der Waals surface area contributed by atoms with E-state index in [9.17, 15) is 5.11 Å². The first-order valence-corrected chi connectivity index (χ1v) is 5.87. The highest BCUT2D eigenvalue weighted by Gasteiger charge is 2.24. The molecule has 1 aromatic carbocycles. The predicted molar refractivity (Wildman–Crippen MR) is 66.1 cm³/mol. The predicted octanol–water partition coefficient (Wildman–Crippen LogP) is 3.04. The van der Waals surface area contributed by atoms with Gasteiger partial charge in [-0.25, -0.2) is 0 Å². The van der Waals surface area contributed by atoms with Crippen molar-refractivity contribution in [2.75, 3.05) is 5.75 Å². The molecule has 1 aromatic rings. The van der Waals surface area contributed by atoms with E-state index >= 15 is 0 Å². The topological polar surface area (TPSA) is 46.2 Å². The summed E-state index contributed by atoms with van der Waals surface area (Å²) in [5, 5.41) is 9.38. The van der Waals surface area contributed by atoms with Crippen LogP contribution in [-0.2, 0) is 5.54 Å². The van der Waals surface area contributed by atoms with Gasteiger partial charge < -0.3 is 10.8 Å². The summed E-state index contributed by atoms with van der Waals surface area (Å²) in [5.41, 5.74) is 5.95. The third-order valence-electron chi connectivity index (χ3n) is 2.36. The molecule has 0 bridgehead atoms. The maximum absolute atomic E-state index is 9.38. The molecule has 0 fully saturated rings. The number of aliphatic hydroxyl groups is 1. The van der Waals surface area contributed by atoms with Gasteiger partial charge in [0.2, 0.25) is 0 Å². The molecule has 0 aliphatic heterocycles. The Kier molecular flexibility index (Phi) is 3.83. The summed E-state index contributed by atoms with van der Waals surface area (Å²) in [7, 11) is 0. The molecule has 1 atom stereocenters. The second kappa shape index (κ2) is 4.73. The van der Waals surface area contributed by atoms with E-state index in [1.54, 1.807) is 18.7 Å². The smallest absolute Gasteiger partial charge is 0.109 e. The average Bonchev–Trinajstić information content (AvgIpc) is 2.19. The molecule has 3 heteroatoms. The second-order valence-electron chi connectivity index (χ2n) is 3.61. The number of nitrogens with two attached hydrogens (primary N) is 1. The zero-order valence-corrected chi connectivity index (χ0v) is 9.97. The van der Waals surface area contributed by atoms with Crippen LogP contribution in [0.4, 0.5) is 0 Å². The average molecular weight is 223 g/mol. The van der Waals surface area contributed by atoms with E-state index in [-0.39, 0.29) is 5.76 Å². The quantitative estimate of drug-likeness (QED) is 0.609. The molecule has 82 valence electrons. The van der Waals surface area contributed by atoms with E-state index in [1.165, 1.54) is 4.90 Å². The molecule has 3 N–H and O–H groups in total. The Labute approximate surface area is 95.2 Å². The monoisotopic (exact) mass is 223 g/mol. The Bertz CT molecular complexity index is 343. The first-order chi connectivity index (χ1) is 6.98. The number of rotatable bonds is 4. The van der Waals surface area contributed by atoms with Crippen LogP contribution >= 0.6 is 11.8 Å². The van der Waals surface area contributed by atoms with Gasteiger partial charge in [-0.05, 0) is 30.4 Å². The van der Waals surface area contributed by atoms with Gasteiger partial charge in [0, 0.05) is 4.90 Å². The van der Waals surface area contributed by atoms with Crippen molar-refractivity contribution in [3.63, 3.8) is 0 Å². The fourth-order valence-electron chi connectivity index (χ4n) is 1.23. The van der Waals surface area contributed by atoms with E-state index < -0.39 is 5.54 Å². The molecule has 15 heavy (non-hydrogen) atoms. The van der Waals surface area contributed by atoms with Crippen molar-refractivity contribution in [2.24, 2.45) is 5.73 Å². The maximum atomic E-state index is 9.38. The van der Waals surface area contributed by atoms with E-state index in [2.05, 4.69) is 13.5 Å². The molecule has 0 heterocycles. The minimum atomic E-state index is -0.866. The Hall–Kier alpha value is -0.930. The van der Waals surface area contributed by atoms with Crippen LogP contribution in [0, 0.1) is 0 Å². The largest absolute Gasteiger partial charge is 0.511 e. The van der Waals surface area contributed by atoms with Crippen molar-refractivity contribution in [1.29, 1.82) is 0 Å². The summed E-state index contributed by atoms with van der Waals surface area (Å²) >= 11 is 1.78. The Balaban J connectivity index is 2.93. The van der Waals surface area contributed by atoms with Crippen molar-refractivity contribution in [2.45, 2.75) is 24.3 Å². The summed E-state index contributed by atoms with van der Waals surface area (Å²) in [6.45, 7) is 7.35. The van der Waals surface area contributed by atoms with Crippen molar-refractivity contribution in [3.05, 3.63) is 42.2 Å². The number of aliphatic hydroxyl groups excluding tert-OH is 1. The molecule has 1 rings (SSSR count). The summed E-state index contributed by atoms with van der Waals surface area (Å²) in [6.07, 6.45) is 0. The fraction of sp³-hybridized carbons (Fsp3) is 0.333. The van der Waals surface area contributed by atoms with Gasteiger partial charge in [0.15, 0.2) is 0 Å². The zero-order chi connectivity index (χ0) is 11.5. The van der Waals surface area contributed by atoms with Gasteiger partial charge >= 0.3 is 0 Å². The first-order valence-electron chi connectivity index (χ1n) is 4.89. The molecule has 0 aliphatic rings. The fourth-order valence-corrected chi connectivity index (χ4v) is 1.89. The lowest BCUT2D eigenvalue weighted by Crippen LogP contribution is -2.34. The van der Waals surface area contributed by atoms with Crippen LogP contribution in [0.25, 0.3) is 0 Å². The molecular weight excluding hydrogens is 206 g/mol. The lowest BCUT2D eigenvalue weighted by Gasteiger charge is -2.23. The van der Waals surface area contributed by atoms with Crippen LogP contribution in [-0.4, -0.2) is 10.9 Å². The highest BCUT2D eigenvalue weighted by atomic mass is 32.2. The lowest BCUT2D eigenvalue weighted by molar-refractivity contribution is 0.314.